The molecule has 0 aliphatic heterocycles. The van der Waals surface area contributed by atoms with Crippen LogP contribution in [0.5, 0.6) is 5.75 Å². The molecule has 25 heavy (non-hydrogen) atoms. The summed E-state index contributed by atoms with van der Waals surface area (Å²) in [5, 5.41) is 11.6. The van der Waals surface area contributed by atoms with Gasteiger partial charge in [-0.05, 0) is 37.1 Å². The van der Waals surface area contributed by atoms with E-state index in [0.717, 1.165) is 41.4 Å². The summed E-state index contributed by atoms with van der Waals surface area (Å²) in [4.78, 5) is 8.80. The van der Waals surface area contributed by atoms with Crippen LogP contribution >= 0.6 is 0 Å². The second-order valence-electron chi connectivity index (χ2n) is 5.50. The molecule has 2 aromatic heterocycles. The lowest BCUT2D eigenvalue weighted by atomic mass is 10.2. The predicted molar refractivity (Wildman–Crippen MR) is 96.9 cm³/mol. The number of hydrogen-bond donors (Lipinski definition) is 1. The van der Waals surface area contributed by atoms with Gasteiger partial charge in [-0.2, -0.15) is 0 Å². The molecule has 1 N–H and O–H groups in total. The maximum Gasteiger partial charge on any atom is 0.247 e. The molecule has 0 bridgehead atoms. The molecule has 128 valence electrons. The van der Waals surface area contributed by atoms with Crippen molar-refractivity contribution in [1.82, 2.24) is 20.2 Å². The molecule has 2 heterocycles. The van der Waals surface area contributed by atoms with Crippen molar-refractivity contribution >= 4 is 11.6 Å². The predicted octanol–water partition coefficient (Wildman–Crippen LogP) is 3.71. The average molecular weight is 335 g/mol. The van der Waals surface area contributed by atoms with Gasteiger partial charge in [-0.3, -0.25) is 4.98 Å². The van der Waals surface area contributed by atoms with Gasteiger partial charge in [0, 0.05) is 18.0 Å². The van der Waals surface area contributed by atoms with Gasteiger partial charge in [0.15, 0.2) is 0 Å². The average Bonchev–Trinajstić information content (AvgIpc) is 2.67. The third-order valence-corrected chi connectivity index (χ3v) is 3.71. The Labute approximate surface area is 147 Å². The van der Waals surface area contributed by atoms with Crippen LogP contribution in [0.15, 0.2) is 48.7 Å². The maximum atomic E-state index is 5.79. The number of hydrogen-bond acceptors (Lipinski definition) is 6. The second-order valence-corrected chi connectivity index (χ2v) is 5.50. The molecule has 0 saturated heterocycles. The number of nitrogens with zero attached hydrogens (tertiary/aromatic N) is 4. The lowest BCUT2D eigenvalue weighted by Gasteiger charge is -2.10. The zero-order valence-corrected chi connectivity index (χ0v) is 14.4. The zero-order valence-electron chi connectivity index (χ0n) is 14.4. The number of anilines is 2. The summed E-state index contributed by atoms with van der Waals surface area (Å²) in [7, 11) is 0. The highest BCUT2D eigenvalue weighted by Crippen LogP contribution is 2.21. The molecule has 0 amide bonds. The van der Waals surface area contributed by atoms with Crippen molar-refractivity contribution in [3.63, 3.8) is 0 Å². The van der Waals surface area contributed by atoms with Crippen LogP contribution < -0.4 is 10.1 Å². The normalized spacial score (nSPS) is 10.5. The van der Waals surface area contributed by atoms with Crippen molar-refractivity contribution in [3.05, 3.63) is 65.7 Å². The van der Waals surface area contributed by atoms with Gasteiger partial charge in [0.25, 0.3) is 0 Å². The van der Waals surface area contributed by atoms with E-state index in [2.05, 4.69) is 39.3 Å². The Morgan fingerprint density at radius 3 is 2.60 bits per heavy atom. The fraction of sp³-hybridized carbons (Fsp3) is 0.263. The highest BCUT2D eigenvalue weighted by atomic mass is 16.5. The standard InChI is InChI=1S/C19H21N5O/c1-3-17-18(4-2)23-24-19(22-17)21-14-9-7-10-16(12-14)25-13-15-8-5-6-11-20-15/h5-12H,3-4,13H2,1-2H3,(H,21,22,24). The van der Waals surface area contributed by atoms with Crippen LogP contribution in [0.3, 0.4) is 0 Å². The molecule has 0 spiro atoms. The minimum Gasteiger partial charge on any atom is -0.487 e. The van der Waals surface area contributed by atoms with Gasteiger partial charge in [-0.1, -0.05) is 26.0 Å². The Kier molecular flexibility index (Phi) is 5.51. The first-order chi connectivity index (χ1) is 12.3. The Morgan fingerprint density at radius 2 is 1.84 bits per heavy atom. The molecule has 0 aliphatic carbocycles. The van der Waals surface area contributed by atoms with E-state index in [4.69, 9.17) is 4.74 Å². The third-order valence-electron chi connectivity index (χ3n) is 3.71. The van der Waals surface area contributed by atoms with Gasteiger partial charge in [0.05, 0.1) is 17.1 Å². The number of ether oxygens (including phenoxy) is 1. The van der Waals surface area contributed by atoms with Crippen molar-refractivity contribution in [2.45, 2.75) is 33.3 Å². The summed E-state index contributed by atoms with van der Waals surface area (Å²) in [6.45, 7) is 4.55. The summed E-state index contributed by atoms with van der Waals surface area (Å²) in [5.74, 6) is 1.25. The Morgan fingerprint density at radius 1 is 0.960 bits per heavy atom. The van der Waals surface area contributed by atoms with Crippen LogP contribution in [-0.2, 0) is 19.4 Å². The SMILES string of the molecule is CCc1nnc(Nc2cccc(OCc3ccccn3)c2)nc1CC. The smallest absolute Gasteiger partial charge is 0.247 e. The summed E-state index contributed by atoms with van der Waals surface area (Å²) in [5.41, 5.74) is 3.66. The highest BCUT2D eigenvalue weighted by Gasteiger charge is 2.07. The van der Waals surface area contributed by atoms with Crippen LogP contribution in [0, 0.1) is 0 Å². The van der Waals surface area contributed by atoms with Crippen LogP contribution in [0.25, 0.3) is 0 Å². The molecular formula is C19H21N5O. The van der Waals surface area contributed by atoms with E-state index in [1.807, 2.05) is 42.5 Å². The molecule has 0 atom stereocenters. The zero-order chi connectivity index (χ0) is 17.5. The van der Waals surface area contributed by atoms with Gasteiger partial charge >= 0.3 is 0 Å². The third kappa shape index (κ3) is 4.50. The minimum atomic E-state index is 0.424. The summed E-state index contributed by atoms with van der Waals surface area (Å²) in [6, 6.07) is 13.4. The molecule has 0 radical (unpaired) electrons. The van der Waals surface area contributed by atoms with E-state index in [-0.39, 0.29) is 0 Å². The Balaban J connectivity index is 1.69. The fourth-order valence-electron chi connectivity index (χ4n) is 2.42. The van der Waals surface area contributed by atoms with Gasteiger partial charge in [0.1, 0.15) is 12.4 Å². The molecule has 1 aromatic carbocycles. The van der Waals surface area contributed by atoms with Gasteiger partial charge < -0.3 is 10.1 Å². The van der Waals surface area contributed by atoms with E-state index < -0.39 is 0 Å². The molecule has 3 rings (SSSR count). The van der Waals surface area contributed by atoms with Crippen molar-refractivity contribution in [1.29, 1.82) is 0 Å². The van der Waals surface area contributed by atoms with Crippen molar-refractivity contribution in [2.24, 2.45) is 0 Å². The second kappa shape index (κ2) is 8.19. The summed E-state index contributed by atoms with van der Waals surface area (Å²) >= 11 is 0. The van der Waals surface area contributed by atoms with Crippen LogP contribution in [0.4, 0.5) is 11.6 Å². The van der Waals surface area contributed by atoms with Crippen molar-refractivity contribution < 1.29 is 4.74 Å². The van der Waals surface area contributed by atoms with E-state index >= 15 is 0 Å². The molecule has 0 saturated carbocycles. The first kappa shape index (κ1) is 16.8. The van der Waals surface area contributed by atoms with Crippen LogP contribution in [-0.4, -0.2) is 20.2 Å². The number of aryl methyl sites for hydroxylation is 2. The van der Waals surface area contributed by atoms with E-state index in [9.17, 15) is 0 Å². The number of benzene rings is 1. The van der Waals surface area contributed by atoms with Crippen molar-refractivity contribution in [3.8, 4) is 5.75 Å². The van der Waals surface area contributed by atoms with Crippen LogP contribution in [0.2, 0.25) is 0 Å². The molecule has 0 aliphatic rings. The highest BCUT2D eigenvalue weighted by molar-refractivity contribution is 5.55. The minimum absolute atomic E-state index is 0.424. The van der Waals surface area contributed by atoms with E-state index in [1.54, 1.807) is 6.20 Å². The Hall–Kier alpha value is -3.02. The topological polar surface area (TPSA) is 72.8 Å². The lowest BCUT2D eigenvalue weighted by molar-refractivity contribution is 0.301. The summed E-state index contributed by atoms with van der Waals surface area (Å²) in [6.07, 6.45) is 3.42. The van der Waals surface area contributed by atoms with Crippen LogP contribution in [0.1, 0.15) is 30.9 Å². The maximum absolute atomic E-state index is 5.79. The monoisotopic (exact) mass is 335 g/mol. The summed E-state index contributed by atoms with van der Waals surface area (Å²) < 4.78 is 5.79. The van der Waals surface area contributed by atoms with Crippen molar-refractivity contribution in [2.75, 3.05) is 5.32 Å². The largest absolute Gasteiger partial charge is 0.487 e. The van der Waals surface area contributed by atoms with Gasteiger partial charge in [-0.25, -0.2) is 4.98 Å². The first-order valence-corrected chi connectivity index (χ1v) is 8.40. The van der Waals surface area contributed by atoms with Gasteiger partial charge in [-0.15, -0.1) is 10.2 Å². The molecule has 0 unspecified atom stereocenters. The lowest BCUT2D eigenvalue weighted by Crippen LogP contribution is -2.06. The molecule has 6 heteroatoms. The number of pyridine rings is 1. The van der Waals surface area contributed by atoms with Gasteiger partial charge in [0.2, 0.25) is 5.95 Å². The molecule has 3 aromatic rings. The fourth-order valence-corrected chi connectivity index (χ4v) is 2.42. The van der Waals surface area contributed by atoms with E-state index in [0.29, 0.717) is 12.6 Å². The Bertz CT molecular complexity index is 823. The molecule has 6 nitrogen and oxygen atoms in total. The van der Waals surface area contributed by atoms with E-state index in [1.165, 1.54) is 0 Å². The quantitative estimate of drug-likeness (QED) is 0.709. The number of aromatic nitrogens is 4. The molecule has 0 fully saturated rings. The number of nitrogens with one attached hydrogen (secondary N) is 1. The molecular weight excluding hydrogens is 314 g/mol. The first-order valence-electron chi connectivity index (χ1n) is 8.40. The number of rotatable bonds is 7.